The molecule has 21 heavy (non-hydrogen) atoms. The summed E-state index contributed by atoms with van der Waals surface area (Å²) in [5.41, 5.74) is 0. The molecule has 0 saturated carbocycles. The van der Waals surface area contributed by atoms with Crippen LogP contribution in [-0.2, 0) is 29.6 Å². The Bertz CT molecular complexity index is 510. The van der Waals surface area contributed by atoms with E-state index in [0.717, 1.165) is 0 Å². The number of aliphatic hydroxyl groups is 2. The summed E-state index contributed by atoms with van der Waals surface area (Å²) >= 11 is 0. The first kappa shape index (κ1) is 24.9. The maximum atomic E-state index is 10.5. The SMILES string of the molecule is O=S(=O)([O-])NC1C(O)OC(CO)C[C@@H]1OS(=O)(=O)[O-].[Na+].[Na+]. The van der Waals surface area contributed by atoms with E-state index in [-0.39, 0.29) is 59.1 Å². The molecule has 0 aliphatic carbocycles. The average molecular weight is 367 g/mol. The van der Waals surface area contributed by atoms with E-state index < -0.39 is 58.3 Å². The zero-order valence-electron chi connectivity index (χ0n) is 11.2. The van der Waals surface area contributed by atoms with Gasteiger partial charge in [0.1, 0.15) is 0 Å². The molecule has 1 heterocycles. The van der Waals surface area contributed by atoms with Crippen LogP contribution >= 0.6 is 0 Å². The smallest absolute Gasteiger partial charge is 0.735 e. The molecule has 11 nitrogen and oxygen atoms in total. The predicted molar refractivity (Wildman–Crippen MR) is 53.8 cm³/mol. The van der Waals surface area contributed by atoms with Gasteiger partial charge in [0.2, 0.25) is 10.4 Å². The Morgan fingerprint density at radius 1 is 1.24 bits per heavy atom. The molecule has 0 aromatic heterocycles. The molecule has 1 aliphatic rings. The maximum Gasteiger partial charge on any atom is 1.00 e. The van der Waals surface area contributed by atoms with Gasteiger partial charge >= 0.3 is 59.1 Å². The van der Waals surface area contributed by atoms with E-state index in [1.165, 1.54) is 4.72 Å². The summed E-state index contributed by atoms with van der Waals surface area (Å²) in [7, 11) is -10.3. The summed E-state index contributed by atoms with van der Waals surface area (Å²) in [5, 5.41) is 18.2. The molecule has 15 heteroatoms. The van der Waals surface area contributed by atoms with E-state index in [1.54, 1.807) is 0 Å². The second-order valence-electron chi connectivity index (χ2n) is 3.71. The van der Waals surface area contributed by atoms with Crippen molar-refractivity contribution < 1.29 is 104 Å². The van der Waals surface area contributed by atoms with Crippen molar-refractivity contribution in [2.24, 2.45) is 0 Å². The van der Waals surface area contributed by atoms with Crippen LogP contribution in [0.25, 0.3) is 0 Å². The Balaban J connectivity index is 0. The van der Waals surface area contributed by atoms with Gasteiger partial charge in [0.25, 0.3) is 0 Å². The minimum atomic E-state index is -5.20. The van der Waals surface area contributed by atoms with Gasteiger partial charge in [-0.1, -0.05) is 0 Å². The van der Waals surface area contributed by atoms with Crippen LogP contribution in [0.5, 0.6) is 0 Å². The first-order chi connectivity index (χ1) is 8.52. The van der Waals surface area contributed by atoms with Gasteiger partial charge in [0.05, 0.1) is 24.9 Å². The standard InChI is InChI=1S/C6H13NO10S2.2Na/c8-2-3-1-4(17-19(13,14)15)5(6(9)16-3)7-18(10,11)12;;/h3-9H,1-2H2,(H,10,11,12)(H,13,14,15);;/q;2*+1/p-2/t3?,4-,5?,6?;;/m0../s1. The topological polar surface area (TPSA) is 185 Å². The Labute approximate surface area is 165 Å². The molecule has 0 radical (unpaired) electrons. The monoisotopic (exact) mass is 367 g/mol. The van der Waals surface area contributed by atoms with Crippen LogP contribution < -0.4 is 63.8 Å². The number of hydrogen-bond donors (Lipinski definition) is 3. The normalized spacial score (nSPS) is 30.1. The fourth-order valence-electron chi connectivity index (χ4n) is 1.60. The molecular formula is C6H11NNa2O10S2. The maximum absolute atomic E-state index is 10.5. The van der Waals surface area contributed by atoms with Crippen molar-refractivity contribution in [2.45, 2.75) is 31.0 Å². The fraction of sp³-hybridized carbons (Fsp3) is 1.00. The molecule has 0 aromatic carbocycles. The van der Waals surface area contributed by atoms with Crippen LogP contribution in [0.2, 0.25) is 0 Å². The quantitative estimate of drug-likeness (QED) is 0.239. The van der Waals surface area contributed by atoms with Crippen LogP contribution in [0.3, 0.4) is 0 Å². The zero-order valence-corrected chi connectivity index (χ0v) is 16.8. The van der Waals surface area contributed by atoms with Crippen molar-refractivity contribution in [3.8, 4) is 0 Å². The van der Waals surface area contributed by atoms with E-state index in [1.807, 2.05) is 0 Å². The van der Waals surface area contributed by atoms with Crippen molar-refractivity contribution in [1.82, 2.24) is 4.72 Å². The Morgan fingerprint density at radius 3 is 2.14 bits per heavy atom. The predicted octanol–water partition coefficient (Wildman–Crippen LogP) is -9.64. The number of nitrogens with one attached hydrogen (secondary N) is 1. The molecule has 1 fully saturated rings. The first-order valence-corrected chi connectivity index (χ1v) is 7.57. The Kier molecular flexibility index (Phi) is 11.6. The third-order valence-corrected chi connectivity index (χ3v) is 3.30. The molecule has 3 N–H and O–H groups in total. The Hall–Kier alpha value is 1.62. The van der Waals surface area contributed by atoms with Gasteiger partial charge in [0.15, 0.2) is 16.6 Å². The van der Waals surface area contributed by atoms with Crippen LogP contribution in [-0.4, -0.2) is 67.3 Å². The van der Waals surface area contributed by atoms with Crippen LogP contribution in [0.15, 0.2) is 0 Å². The first-order valence-electron chi connectivity index (χ1n) is 4.83. The molecular weight excluding hydrogens is 356 g/mol. The van der Waals surface area contributed by atoms with E-state index in [0.29, 0.717) is 0 Å². The van der Waals surface area contributed by atoms with Crippen LogP contribution in [0, 0.1) is 0 Å². The molecule has 0 bridgehead atoms. The molecule has 1 saturated heterocycles. The van der Waals surface area contributed by atoms with Gasteiger partial charge < -0.3 is 24.1 Å². The second kappa shape index (κ2) is 9.80. The second-order valence-corrected chi connectivity index (χ2v) is 5.86. The van der Waals surface area contributed by atoms with Crippen molar-refractivity contribution in [3.05, 3.63) is 0 Å². The summed E-state index contributed by atoms with van der Waals surface area (Å²) in [5.74, 6) is 0. The number of rotatable bonds is 5. The summed E-state index contributed by atoms with van der Waals surface area (Å²) in [6, 6.07) is -1.78. The van der Waals surface area contributed by atoms with Crippen LogP contribution in [0.1, 0.15) is 6.42 Å². The number of aliphatic hydroxyl groups excluding tert-OH is 2. The number of ether oxygens (including phenoxy) is 1. The summed E-state index contributed by atoms with van der Waals surface area (Å²) in [6.45, 7) is -0.632. The van der Waals surface area contributed by atoms with Gasteiger partial charge in [0, 0.05) is 6.42 Å². The summed E-state index contributed by atoms with van der Waals surface area (Å²) < 4.78 is 73.2. The summed E-state index contributed by atoms with van der Waals surface area (Å²) in [6.07, 6.45) is -5.12. The molecule has 0 aromatic rings. The van der Waals surface area contributed by atoms with Crippen LogP contribution in [0.4, 0.5) is 0 Å². The molecule has 1 rings (SSSR count). The zero-order chi connectivity index (χ0) is 14.8. The molecule has 1 aliphatic heterocycles. The number of hydrogen-bond acceptors (Lipinski definition) is 10. The van der Waals surface area contributed by atoms with E-state index in [2.05, 4.69) is 4.18 Å². The molecule has 4 atom stereocenters. The van der Waals surface area contributed by atoms with Gasteiger partial charge in [-0.2, -0.15) is 0 Å². The molecule has 3 unspecified atom stereocenters. The third-order valence-electron chi connectivity index (χ3n) is 2.26. The molecule has 114 valence electrons. The largest absolute Gasteiger partial charge is 1.00 e. The van der Waals surface area contributed by atoms with E-state index in [4.69, 9.17) is 9.84 Å². The van der Waals surface area contributed by atoms with Gasteiger partial charge in [-0.25, -0.2) is 21.6 Å². The van der Waals surface area contributed by atoms with Crippen molar-refractivity contribution >= 4 is 20.7 Å². The summed E-state index contributed by atoms with van der Waals surface area (Å²) in [4.78, 5) is 0. The van der Waals surface area contributed by atoms with Crippen molar-refractivity contribution in [3.63, 3.8) is 0 Å². The van der Waals surface area contributed by atoms with Crippen molar-refractivity contribution in [2.75, 3.05) is 6.61 Å². The van der Waals surface area contributed by atoms with Crippen molar-refractivity contribution in [1.29, 1.82) is 0 Å². The average Bonchev–Trinajstić information content (AvgIpc) is 2.19. The minimum absolute atomic E-state index is 0. The van der Waals surface area contributed by atoms with Gasteiger partial charge in [-0.15, -0.1) is 0 Å². The third kappa shape index (κ3) is 9.49. The minimum Gasteiger partial charge on any atom is -0.735 e. The molecule has 0 amide bonds. The van der Waals surface area contributed by atoms with Gasteiger partial charge in [-0.05, 0) is 0 Å². The molecule has 0 spiro atoms. The Morgan fingerprint density at radius 2 is 1.76 bits per heavy atom. The van der Waals surface area contributed by atoms with E-state index in [9.17, 15) is 31.0 Å². The van der Waals surface area contributed by atoms with Gasteiger partial charge in [-0.3, -0.25) is 4.18 Å². The fourth-order valence-corrected chi connectivity index (χ4v) is 2.70. The van der Waals surface area contributed by atoms with E-state index >= 15 is 0 Å².